The van der Waals surface area contributed by atoms with E-state index in [1.807, 2.05) is 53.9 Å². The predicted molar refractivity (Wildman–Crippen MR) is 142 cm³/mol. The number of carbonyl (C=O) groups is 2. The van der Waals surface area contributed by atoms with E-state index in [1.54, 1.807) is 23.1 Å². The number of hydrogen-bond acceptors (Lipinski definition) is 4. The Bertz CT molecular complexity index is 1320. The minimum atomic E-state index is -0.958. The molecule has 1 saturated heterocycles. The monoisotopic (exact) mass is 517 g/mol. The van der Waals surface area contributed by atoms with Gasteiger partial charge in [-0.15, -0.1) is 11.3 Å². The van der Waals surface area contributed by atoms with Gasteiger partial charge in [0.25, 0.3) is 5.91 Å². The first-order valence-corrected chi connectivity index (χ1v) is 13.2. The highest BCUT2D eigenvalue weighted by Crippen LogP contribution is 2.28. The molecule has 0 aliphatic carbocycles. The highest BCUT2D eigenvalue weighted by atomic mass is 32.1. The number of nitrogens with zero attached hydrogens (tertiary/aromatic N) is 1. The first-order chi connectivity index (χ1) is 18.1. The number of aromatic nitrogens is 1. The van der Waals surface area contributed by atoms with E-state index in [4.69, 9.17) is 4.74 Å². The Kier molecular flexibility index (Phi) is 7.77. The van der Waals surface area contributed by atoms with Gasteiger partial charge in [-0.25, -0.2) is 4.39 Å². The van der Waals surface area contributed by atoms with E-state index < -0.39 is 11.9 Å². The number of nitrogens with one attached hydrogen (secondary N) is 2. The third kappa shape index (κ3) is 5.98. The number of amides is 2. The molecule has 4 aromatic rings. The summed E-state index contributed by atoms with van der Waals surface area (Å²) in [4.78, 5) is 33.3. The van der Waals surface area contributed by atoms with Crippen LogP contribution in [0.5, 0.6) is 0 Å². The number of H-pyrrole nitrogens is 1. The van der Waals surface area contributed by atoms with Gasteiger partial charge in [-0.3, -0.25) is 9.59 Å². The summed E-state index contributed by atoms with van der Waals surface area (Å²) in [5, 5.41) is 4.91. The van der Waals surface area contributed by atoms with Gasteiger partial charge in [-0.05, 0) is 59.7 Å². The van der Waals surface area contributed by atoms with Crippen LogP contribution in [0, 0.1) is 5.82 Å². The molecule has 0 bridgehead atoms. The van der Waals surface area contributed by atoms with E-state index in [0.29, 0.717) is 24.4 Å². The van der Waals surface area contributed by atoms with E-state index in [9.17, 15) is 14.0 Å². The molecule has 0 unspecified atom stereocenters. The van der Waals surface area contributed by atoms with Gasteiger partial charge in [0, 0.05) is 23.7 Å². The first-order valence-electron chi connectivity index (χ1n) is 12.3. The minimum absolute atomic E-state index is 0.0453. The van der Waals surface area contributed by atoms with Crippen molar-refractivity contribution in [2.45, 2.75) is 31.5 Å². The summed E-state index contributed by atoms with van der Waals surface area (Å²) in [6.45, 7) is 1.27. The quantitative estimate of drug-likeness (QED) is 0.305. The molecule has 1 aliphatic heterocycles. The van der Waals surface area contributed by atoms with E-state index in [2.05, 4.69) is 10.3 Å². The number of ether oxygens (including phenoxy) is 1. The van der Waals surface area contributed by atoms with Crippen molar-refractivity contribution >= 4 is 23.2 Å². The maximum Gasteiger partial charge on any atom is 0.271 e. The Morgan fingerprint density at radius 2 is 1.86 bits per heavy atom. The van der Waals surface area contributed by atoms with Crippen LogP contribution in [-0.2, 0) is 16.1 Å². The van der Waals surface area contributed by atoms with Gasteiger partial charge in [-0.2, -0.15) is 0 Å². The molecule has 3 heterocycles. The van der Waals surface area contributed by atoms with Crippen LogP contribution in [-0.4, -0.2) is 41.0 Å². The number of carbonyl (C=O) groups excluding carboxylic acids is 2. The Hall–Kier alpha value is -3.75. The molecule has 0 radical (unpaired) electrons. The molecule has 2 aromatic heterocycles. The molecular formula is C29H28FN3O3S. The molecule has 2 atom stereocenters. The van der Waals surface area contributed by atoms with Crippen molar-refractivity contribution in [3.63, 3.8) is 0 Å². The average molecular weight is 518 g/mol. The number of rotatable bonds is 9. The summed E-state index contributed by atoms with van der Waals surface area (Å²) in [7, 11) is 0. The van der Waals surface area contributed by atoms with Crippen LogP contribution in [0.2, 0.25) is 0 Å². The van der Waals surface area contributed by atoms with Crippen LogP contribution >= 0.6 is 11.3 Å². The lowest BCUT2D eigenvalue weighted by atomic mass is 10.0. The van der Waals surface area contributed by atoms with Crippen molar-refractivity contribution in [2.24, 2.45) is 0 Å². The zero-order valence-corrected chi connectivity index (χ0v) is 21.0. The maximum absolute atomic E-state index is 14.0. The molecule has 1 aliphatic rings. The number of halogens is 1. The Morgan fingerprint density at radius 1 is 1.05 bits per heavy atom. The van der Waals surface area contributed by atoms with Crippen molar-refractivity contribution in [1.29, 1.82) is 0 Å². The third-order valence-corrected chi connectivity index (χ3v) is 7.30. The van der Waals surface area contributed by atoms with E-state index in [0.717, 1.165) is 29.0 Å². The second kappa shape index (κ2) is 11.5. The lowest BCUT2D eigenvalue weighted by molar-refractivity contribution is -0.126. The lowest BCUT2D eigenvalue weighted by Crippen LogP contribution is -2.45. The van der Waals surface area contributed by atoms with Gasteiger partial charge >= 0.3 is 0 Å². The van der Waals surface area contributed by atoms with Gasteiger partial charge in [-0.1, -0.05) is 48.5 Å². The van der Waals surface area contributed by atoms with Crippen molar-refractivity contribution in [3.8, 4) is 11.3 Å². The van der Waals surface area contributed by atoms with Crippen LogP contribution < -0.4 is 5.32 Å². The molecular weight excluding hydrogens is 489 g/mol. The molecule has 0 saturated carbocycles. The van der Waals surface area contributed by atoms with Crippen LogP contribution in [0.3, 0.4) is 0 Å². The Labute approximate surface area is 219 Å². The molecule has 0 spiro atoms. The number of thiophene rings is 1. The van der Waals surface area contributed by atoms with Crippen LogP contribution in [0.1, 0.15) is 39.8 Å². The number of hydrogen-bond donors (Lipinski definition) is 2. The average Bonchev–Trinajstić information content (AvgIpc) is 3.72. The largest absolute Gasteiger partial charge is 0.376 e. The smallest absolute Gasteiger partial charge is 0.271 e. The maximum atomic E-state index is 14.0. The standard InChI is InChI=1S/C29H28FN3O3S/c30-22-12-10-21(11-13-22)27(28(34)31-18-23-8-4-16-36-23)33(19-24-9-5-17-37-24)29(35)26-15-14-25(32-26)20-6-2-1-3-7-20/h1-3,5-7,9-15,17,23,27,32H,4,8,16,18-19H2,(H,31,34)/t23-,27+/m1/s1. The highest BCUT2D eigenvalue weighted by Gasteiger charge is 2.33. The second-order valence-electron chi connectivity index (χ2n) is 9.00. The number of benzene rings is 2. The van der Waals surface area contributed by atoms with Crippen molar-refractivity contribution < 1.29 is 18.7 Å². The molecule has 6 nitrogen and oxygen atoms in total. The summed E-state index contributed by atoms with van der Waals surface area (Å²) >= 11 is 1.51. The van der Waals surface area contributed by atoms with Gasteiger partial charge < -0.3 is 19.9 Å². The van der Waals surface area contributed by atoms with Crippen molar-refractivity contribution in [2.75, 3.05) is 13.2 Å². The summed E-state index contributed by atoms with van der Waals surface area (Å²) in [5.41, 5.74) is 2.66. The normalized spacial score (nSPS) is 15.9. The molecule has 190 valence electrons. The molecule has 8 heteroatoms. The van der Waals surface area contributed by atoms with Gasteiger partial charge in [0.05, 0.1) is 12.6 Å². The van der Waals surface area contributed by atoms with Crippen molar-refractivity contribution in [3.05, 3.63) is 106 Å². The zero-order valence-electron chi connectivity index (χ0n) is 20.2. The van der Waals surface area contributed by atoms with E-state index in [1.165, 1.54) is 23.5 Å². The molecule has 1 fully saturated rings. The van der Waals surface area contributed by atoms with Gasteiger partial charge in [0.15, 0.2) is 0 Å². The fraction of sp³-hybridized carbons (Fsp3) is 0.241. The van der Waals surface area contributed by atoms with Crippen LogP contribution in [0.25, 0.3) is 11.3 Å². The van der Waals surface area contributed by atoms with Crippen LogP contribution in [0.15, 0.2) is 84.2 Å². The van der Waals surface area contributed by atoms with Crippen LogP contribution in [0.4, 0.5) is 4.39 Å². The highest BCUT2D eigenvalue weighted by molar-refractivity contribution is 7.09. The Morgan fingerprint density at radius 3 is 2.57 bits per heavy atom. The number of aromatic amines is 1. The van der Waals surface area contributed by atoms with Gasteiger partial charge in [0.1, 0.15) is 17.6 Å². The van der Waals surface area contributed by atoms with Crippen molar-refractivity contribution in [1.82, 2.24) is 15.2 Å². The SMILES string of the molecule is O=C(NC[C@H]1CCCO1)[C@H](c1ccc(F)cc1)N(Cc1cccs1)C(=O)c1ccc(-c2ccccc2)[nH]1. The minimum Gasteiger partial charge on any atom is -0.376 e. The molecule has 5 rings (SSSR count). The summed E-state index contributed by atoms with van der Waals surface area (Å²) < 4.78 is 19.5. The van der Waals surface area contributed by atoms with E-state index >= 15 is 0 Å². The topological polar surface area (TPSA) is 74.4 Å². The zero-order chi connectivity index (χ0) is 25.6. The fourth-order valence-corrected chi connectivity index (χ4v) is 5.25. The van der Waals surface area contributed by atoms with E-state index in [-0.39, 0.29) is 24.5 Å². The first kappa shape index (κ1) is 24.9. The fourth-order valence-electron chi connectivity index (χ4n) is 4.55. The summed E-state index contributed by atoms with van der Waals surface area (Å²) in [6.07, 6.45) is 1.79. The second-order valence-corrected chi connectivity index (χ2v) is 10.0. The molecule has 2 aromatic carbocycles. The summed E-state index contributed by atoms with van der Waals surface area (Å²) in [5.74, 6) is -1.06. The molecule has 2 amide bonds. The Balaban J connectivity index is 1.49. The predicted octanol–water partition coefficient (Wildman–Crippen LogP) is 5.56. The third-order valence-electron chi connectivity index (χ3n) is 6.44. The lowest BCUT2D eigenvalue weighted by Gasteiger charge is -2.31. The molecule has 37 heavy (non-hydrogen) atoms. The van der Waals surface area contributed by atoms with Gasteiger partial charge in [0.2, 0.25) is 5.91 Å². The molecule has 2 N–H and O–H groups in total. The summed E-state index contributed by atoms with van der Waals surface area (Å²) in [6, 6.07) is 21.9.